The van der Waals surface area contributed by atoms with E-state index in [2.05, 4.69) is 4.98 Å². The number of hydrogen-bond acceptors (Lipinski definition) is 4. The summed E-state index contributed by atoms with van der Waals surface area (Å²) in [5.74, 6) is -0.448. The zero-order valence-electron chi connectivity index (χ0n) is 6.37. The minimum Gasteiger partial charge on any atom is -0.455 e. The SMILES string of the molecule is N#Cc1cc2c(nc1Cl)COC2=O. The molecular formula is C8H3ClN2O2. The number of nitriles is 1. The van der Waals surface area contributed by atoms with Gasteiger partial charge in [-0.3, -0.25) is 0 Å². The van der Waals surface area contributed by atoms with Gasteiger partial charge in [-0.15, -0.1) is 0 Å². The molecule has 0 fully saturated rings. The van der Waals surface area contributed by atoms with Gasteiger partial charge in [-0.05, 0) is 6.07 Å². The minimum absolute atomic E-state index is 0.111. The van der Waals surface area contributed by atoms with Gasteiger partial charge in [0.25, 0.3) is 0 Å². The number of esters is 1. The van der Waals surface area contributed by atoms with E-state index in [4.69, 9.17) is 21.6 Å². The third-order valence-corrected chi connectivity index (χ3v) is 2.02. The largest absolute Gasteiger partial charge is 0.455 e. The van der Waals surface area contributed by atoms with Crippen LogP contribution in [0.4, 0.5) is 0 Å². The molecule has 0 aromatic carbocycles. The molecule has 1 aromatic heterocycles. The average Bonchev–Trinajstić information content (AvgIpc) is 2.46. The maximum Gasteiger partial charge on any atom is 0.340 e. The molecule has 0 aliphatic carbocycles. The molecule has 0 unspecified atom stereocenters. The molecule has 0 radical (unpaired) electrons. The molecule has 1 aliphatic heterocycles. The Bertz CT molecular complexity index is 437. The summed E-state index contributed by atoms with van der Waals surface area (Å²) in [6.45, 7) is 0.138. The molecule has 0 spiro atoms. The Morgan fingerprint density at radius 1 is 1.69 bits per heavy atom. The van der Waals surface area contributed by atoms with Crippen LogP contribution in [0.5, 0.6) is 0 Å². The molecule has 2 rings (SSSR count). The van der Waals surface area contributed by atoms with E-state index in [0.29, 0.717) is 11.3 Å². The molecule has 4 nitrogen and oxygen atoms in total. The van der Waals surface area contributed by atoms with Gasteiger partial charge in [-0.1, -0.05) is 11.6 Å². The normalized spacial score (nSPS) is 13.4. The second kappa shape index (κ2) is 2.71. The molecule has 0 bridgehead atoms. The molecule has 0 saturated heterocycles. The highest BCUT2D eigenvalue weighted by Gasteiger charge is 2.24. The predicted molar refractivity (Wildman–Crippen MR) is 43.1 cm³/mol. The van der Waals surface area contributed by atoms with Crippen LogP contribution in [0.1, 0.15) is 21.6 Å². The summed E-state index contributed by atoms with van der Waals surface area (Å²) in [5.41, 5.74) is 1.02. The van der Waals surface area contributed by atoms with Gasteiger partial charge in [0.15, 0.2) is 0 Å². The van der Waals surface area contributed by atoms with Crippen molar-refractivity contribution in [3.8, 4) is 6.07 Å². The van der Waals surface area contributed by atoms with E-state index in [1.807, 2.05) is 6.07 Å². The summed E-state index contributed by atoms with van der Waals surface area (Å²) in [7, 11) is 0. The van der Waals surface area contributed by atoms with Gasteiger partial charge >= 0.3 is 5.97 Å². The van der Waals surface area contributed by atoms with Gasteiger partial charge in [-0.25, -0.2) is 9.78 Å². The first-order chi connectivity index (χ1) is 6.22. The predicted octanol–water partition coefficient (Wildman–Crippen LogP) is 1.28. The van der Waals surface area contributed by atoms with E-state index >= 15 is 0 Å². The van der Waals surface area contributed by atoms with Crippen molar-refractivity contribution in [2.24, 2.45) is 0 Å². The molecule has 0 atom stereocenters. The topological polar surface area (TPSA) is 63.0 Å². The first kappa shape index (κ1) is 8.02. The second-order valence-electron chi connectivity index (χ2n) is 2.51. The molecule has 0 N–H and O–H groups in total. The third-order valence-electron chi connectivity index (χ3n) is 1.74. The number of carbonyl (C=O) groups excluding carboxylic acids is 1. The smallest absolute Gasteiger partial charge is 0.340 e. The van der Waals surface area contributed by atoms with Gasteiger partial charge in [0.1, 0.15) is 17.8 Å². The third kappa shape index (κ3) is 1.14. The summed E-state index contributed by atoms with van der Waals surface area (Å²) in [4.78, 5) is 14.9. The maximum absolute atomic E-state index is 11.0. The average molecular weight is 195 g/mol. The van der Waals surface area contributed by atoms with Crippen molar-refractivity contribution in [3.05, 3.63) is 28.0 Å². The fraction of sp³-hybridized carbons (Fsp3) is 0.125. The summed E-state index contributed by atoms with van der Waals surface area (Å²) >= 11 is 5.66. The van der Waals surface area contributed by atoms with Crippen LogP contribution in [0.15, 0.2) is 6.07 Å². The number of aromatic nitrogens is 1. The first-order valence-electron chi connectivity index (χ1n) is 3.49. The van der Waals surface area contributed by atoms with Crippen molar-refractivity contribution in [2.45, 2.75) is 6.61 Å². The standard InChI is InChI=1S/C8H3ClN2O2/c9-7-4(2-10)1-5-6(11-7)3-13-8(5)12/h1H,3H2. The number of fused-ring (bicyclic) bond motifs is 1. The number of rotatable bonds is 0. The van der Waals surface area contributed by atoms with Gasteiger partial charge in [0.2, 0.25) is 0 Å². The Hall–Kier alpha value is -1.60. The van der Waals surface area contributed by atoms with Gasteiger partial charge < -0.3 is 4.74 Å². The quantitative estimate of drug-likeness (QED) is 0.461. The van der Waals surface area contributed by atoms with Crippen molar-refractivity contribution in [1.29, 1.82) is 5.26 Å². The molecular weight excluding hydrogens is 192 g/mol. The van der Waals surface area contributed by atoms with E-state index in [-0.39, 0.29) is 17.3 Å². The first-order valence-corrected chi connectivity index (χ1v) is 3.87. The Balaban J connectivity index is 2.66. The molecule has 1 aromatic rings. The maximum atomic E-state index is 11.0. The van der Waals surface area contributed by atoms with E-state index < -0.39 is 5.97 Å². The number of halogens is 1. The lowest BCUT2D eigenvalue weighted by Gasteiger charge is -1.95. The van der Waals surface area contributed by atoms with Crippen molar-refractivity contribution in [3.63, 3.8) is 0 Å². The van der Waals surface area contributed by atoms with Crippen LogP contribution in [0, 0.1) is 11.3 Å². The monoisotopic (exact) mass is 194 g/mol. The summed E-state index contributed by atoms with van der Waals surface area (Å²) in [5, 5.41) is 8.72. The van der Waals surface area contributed by atoms with Gasteiger partial charge in [0, 0.05) is 0 Å². The highest BCUT2D eigenvalue weighted by Crippen LogP contribution is 2.22. The molecule has 64 valence electrons. The number of pyridine rings is 1. The van der Waals surface area contributed by atoms with Crippen LogP contribution in [0.2, 0.25) is 5.15 Å². The Kier molecular flexibility index (Phi) is 1.67. The van der Waals surface area contributed by atoms with Crippen LogP contribution in [0.3, 0.4) is 0 Å². The lowest BCUT2D eigenvalue weighted by molar-refractivity contribution is 0.0533. The van der Waals surface area contributed by atoms with Crippen LogP contribution in [0.25, 0.3) is 0 Å². The summed E-state index contributed by atoms with van der Waals surface area (Å²) in [6, 6.07) is 3.25. The lowest BCUT2D eigenvalue weighted by atomic mass is 10.2. The lowest BCUT2D eigenvalue weighted by Crippen LogP contribution is -1.96. The zero-order chi connectivity index (χ0) is 9.42. The Labute approximate surface area is 78.7 Å². The Morgan fingerprint density at radius 2 is 2.46 bits per heavy atom. The zero-order valence-corrected chi connectivity index (χ0v) is 7.13. The highest BCUT2D eigenvalue weighted by atomic mass is 35.5. The highest BCUT2D eigenvalue weighted by molar-refractivity contribution is 6.30. The van der Waals surface area contributed by atoms with Crippen LogP contribution >= 0.6 is 11.6 Å². The van der Waals surface area contributed by atoms with Crippen molar-refractivity contribution >= 4 is 17.6 Å². The van der Waals surface area contributed by atoms with E-state index in [1.54, 1.807) is 0 Å². The molecule has 13 heavy (non-hydrogen) atoms. The fourth-order valence-electron chi connectivity index (χ4n) is 1.10. The summed E-state index contributed by atoms with van der Waals surface area (Å²) in [6.07, 6.45) is 0. The van der Waals surface area contributed by atoms with Crippen molar-refractivity contribution in [1.82, 2.24) is 4.98 Å². The number of nitrogens with zero attached hydrogens (tertiary/aromatic N) is 2. The fourth-order valence-corrected chi connectivity index (χ4v) is 1.30. The minimum atomic E-state index is -0.448. The van der Waals surface area contributed by atoms with Gasteiger partial charge in [-0.2, -0.15) is 5.26 Å². The number of carbonyl (C=O) groups is 1. The summed E-state index contributed by atoms with van der Waals surface area (Å²) < 4.78 is 4.71. The molecule has 1 aliphatic rings. The molecule has 5 heteroatoms. The second-order valence-corrected chi connectivity index (χ2v) is 2.87. The van der Waals surface area contributed by atoms with Crippen LogP contribution < -0.4 is 0 Å². The number of ether oxygens (including phenoxy) is 1. The van der Waals surface area contributed by atoms with Crippen molar-refractivity contribution in [2.75, 3.05) is 0 Å². The molecule has 0 saturated carbocycles. The number of cyclic esters (lactones) is 1. The van der Waals surface area contributed by atoms with E-state index in [9.17, 15) is 4.79 Å². The van der Waals surface area contributed by atoms with Crippen LogP contribution in [-0.2, 0) is 11.3 Å². The van der Waals surface area contributed by atoms with E-state index in [1.165, 1.54) is 6.07 Å². The Morgan fingerprint density at radius 3 is 3.15 bits per heavy atom. The van der Waals surface area contributed by atoms with E-state index in [0.717, 1.165) is 0 Å². The molecule has 0 amide bonds. The van der Waals surface area contributed by atoms with Crippen molar-refractivity contribution < 1.29 is 9.53 Å². The van der Waals surface area contributed by atoms with Gasteiger partial charge in [0.05, 0.1) is 16.8 Å². The molecule has 2 heterocycles. The number of hydrogen-bond donors (Lipinski definition) is 0. The van der Waals surface area contributed by atoms with Crippen LogP contribution in [-0.4, -0.2) is 11.0 Å².